The number of rotatable bonds is 6. The molecule has 0 saturated carbocycles. The Bertz CT molecular complexity index is 941. The highest BCUT2D eigenvalue weighted by molar-refractivity contribution is 7.07. The van der Waals surface area contributed by atoms with Crippen molar-refractivity contribution in [1.29, 1.82) is 0 Å². The Kier molecular flexibility index (Phi) is 6.18. The second-order valence-electron chi connectivity index (χ2n) is 6.44. The lowest BCUT2D eigenvalue weighted by Crippen LogP contribution is -2.37. The summed E-state index contributed by atoms with van der Waals surface area (Å²) in [4.78, 5) is 17.9. The van der Waals surface area contributed by atoms with Crippen molar-refractivity contribution in [1.82, 2.24) is 25.0 Å². The van der Waals surface area contributed by atoms with Gasteiger partial charge in [-0.05, 0) is 54.7 Å². The van der Waals surface area contributed by atoms with Crippen molar-refractivity contribution in [2.45, 2.75) is 12.2 Å². The van der Waals surface area contributed by atoms with E-state index < -0.39 is 17.8 Å². The first-order chi connectivity index (χ1) is 13.8. The number of benzene rings is 1. The lowest BCUT2D eigenvalue weighted by molar-refractivity contribution is -0.136. The van der Waals surface area contributed by atoms with Gasteiger partial charge in [0.1, 0.15) is 12.7 Å². The number of nitrogens with zero attached hydrogens (tertiary/aromatic N) is 4. The lowest BCUT2D eigenvalue weighted by Gasteiger charge is -2.24. The molecule has 2 heterocycles. The normalized spacial score (nSPS) is 12.8. The molecule has 2 amide bonds. The van der Waals surface area contributed by atoms with E-state index in [1.165, 1.54) is 40.8 Å². The average Bonchev–Trinajstić information content (AvgIpc) is 3.35. The van der Waals surface area contributed by atoms with Crippen molar-refractivity contribution < 1.29 is 18.0 Å². The Morgan fingerprint density at radius 3 is 2.69 bits per heavy atom. The second-order valence-corrected chi connectivity index (χ2v) is 7.22. The van der Waals surface area contributed by atoms with Crippen molar-refractivity contribution >= 4 is 23.1 Å². The summed E-state index contributed by atoms with van der Waals surface area (Å²) in [6.45, 7) is 0.244. The van der Waals surface area contributed by atoms with Crippen LogP contribution in [-0.4, -0.2) is 46.3 Å². The summed E-state index contributed by atoms with van der Waals surface area (Å²) >= 11 is 1.54. The van der Waals surface area contributed by atoms with Crippen LogP contribution in [0.3, 0.4) is 0 Å². The van der Waals surface area contributed by atoms with Gasteiger partial charge < -0.3 is 15.5 Å². The number of halogens is 3. The largest absolute Gasteiger partial charge is 0.418 e. The number of nitrogens with one attached hydrogen (secondary N) is 2. The summed E-state index contributed by atoms with van der Waals surface area (Å²) < 4.78 is 41.7. The minimum Gasteiger partial charge on any atom is -0.336 e. The van der Waals surface area contributed by atoms with Gasteiger partial charge in [-0.15, -0.1) is 0 Å². The van der Waals surface area contributed by atoms with Gasteiger partial charge in [0, 0.05) is 6.54 Å². The number of carbonyl (C=O) groups is 1. The van der Waals surface area contributed by atoms with Gasteiger partial charge in [-0.1, -0.05) is 0 Å². The number of alkyl halides is 3. The van der Waals surface area contributed by atoms with Gasteiger partial charge in [0.05, 0.1) is 23.0 Å². The fraction of sp³-hybridized carbons (Fsp3) is 0.278. The van der Waals surface area contributed by atoms with Crippen LogP contribution in [0.25, 0.3) is 5.69 Å². The first-order valence-electron chi connectivity index (χ1n) is 8.55. The van der Waals surface area contributed by atoms with Gasteiger partial charge in [-0.25, -0.2) is 14.5 Å². The van der Waals surface area contributed by atoms with Gasteiger partial charge >= 0.3 is 12.2 Å². The molecule has 0 aliphatic rings. The van der Waals surface area contributed by atoms with E-state index in [0.717, 1.165) is 11.6 Å². The Morgan fingerprint density at radius 1 is 1.31 bits per heavy atom. The molecule has 2 N–H and O–H groups in total. The fourth-order valence-corrected chi connectivity index (χ4v) is 3.49. The zero-order valence-electron chi connectivity index (χ0n) is 15.6. The highest BCUT2D eigenvalue weighted by atomic mass is 32.1. The predicted molar refractivity (Wildman–Crippen MR) is 104 cm³/mol. The molecule has 0 bridgehead atoms. The molecule has 0 aliphatic heterocycles. The Hall–Kier alpha value is -2.92. The number of likely N-dealkylation sites (N-methyl/N-ethyl adjacent to an activating group) is 1. The third-order valence-corrected chi connectivity index (χ3v) is 4.95. The molecule has 3 aromatic rings. The summed E-state index contributed by atoms with van der Waals surface area (Å²) in [6.07, 6.45) is -2.13. The van der Waals surface area contributed by atoms with E-state index in [1.54, 1.807) is 0 Å². The highest BCUT2D eigenvalue weighted by Crippen LogP contribution is 2.36. The molecule has 0 spiro atoms. The van der Waals surface area contributed by atoms with E-state index in [0.29, 0.717) is 0 Å². The van der Waals surface area contributed by atoms with E-state index >= 15 is 0 Å². The monoisotopic (exact) mass is 424 g/mol. The maximum Gasteiger partial charge on any atom is 0.418 e. The van der Waals surface area contributed by atoms with E-state index in [-0.39, 0.29) is 24.0 Å². The van der Waals surface area contributed by atoms with Crippen LogP contribution in [0.5, 0.6) is 0 Å². The van der Waals surface area contributed by atoms with Gasteiger partial charge in [-0.2, -0.15) is 29.6 Å². The minimum atomic E-state index is -4.65. The summed E-state index contributed by atoms with van der Waals surface area (Å²) in [5.74, 6) is 0. The van der Waals surface area contributed by atoms with Crippen LogP contribution in [0.2, 0.25) is 0 Å². The highest BCUT2D eigenvalue weighted by Gasteiger charge is 2.34. The molecular weight excluding hydrogens is 405 g/mol. The zero-order chi connectivity index (χ0) is 21.0. The Labute approximate surface area is 169 Å². The number of hydrogen-bond acceptors (Lipinski definition) is 5. The smallest absolute Gasteiger partial charge is 0.336 e. The first kappa shape index (κ1) is 20.8. The third kappa shape index (κ3) is 5.12. The maximum atomic E-state index is 13.5. The molecule has 29 heavy (non-hydrogen) atoms. The minimum absolute atomic E-state index is 0.0937. The van der Waals surface area contributed by atoms with Crippen molar-refractivity contribution in [3.8, 4) is 5.69 Å². The molecule has 154 valence electrons. The lowest BCUT2D eigenvalue weighted by atomic mass is 10.1. The van der Waals surface area contributed by atoms with E-state index in [2.05, 4.69) is 20.7 Å². The van der Waals surface area contributed by atoms with Crippen molar-refractivity contribution in [2.24, 2.45) is 0 Å². The zero-order valence-corrected chi connectivity index (χ0v) is 16.5. The molecule has 0 aliphatic carbocycles. The van der Waals surface area contributed by atoms with E-state index in [9.17, 15) is 18.0 Å². The molecular formula is C18H19F3N6OS. The number of thiophene rings is 1. The average molecular weight is 424 g/mol. The number of hydrogen-bond donors (Lipinski definition) is 2. The van der Waals surface area contributed by atoms with Crippen LogP contribution in [0.4, 0.5) is 23.7 Å². The number of carbonyl (C=O) groups excluding carboxylic acids is 1. The third-order valence-electron chi connectivity index (χ3n) is 4.25. The second kappa shape index (κ2) is 8.62. The first-order valence-corrected chi connectivity index (χ1v) is 9.49. The number of aromatic nitrogens is 3. The number of amides is 2. The molecule has 1 unspecified atom stereocenters. The standard InChI is InChI=1S/C18H19F3N6OS/c1-26(2)16(12-5-6-29-9-12)8-23-17(28)25-15-4-3-13(27-11-22-10-24-27)7-14(15)18(19,20)21/h3-7,9-11,16H,8H2,1-2H3,(H2,23,25,28). The van der Waals surface area contributed by atoms with Gasteiger partial charge in [0.2, 0.25) is 0 Å². The predicted octanol–water partition coefficient (Wildman–Crippen LogP) is 3.77. The number of anilines is 1. The molecule has 2 aromatic heterocycles. The van der Waals surface area contributed by atoms with Gasteiger partial charge in [-0.3, -0.25) is 0 Å². The molecule has 11 heteroatoms. The molecule has 0 radical (unpaired) electrons. The maximum absolute atomic E-state index is 13.5. The molecule has 3 rings (SSSR count). The quantitative estimate of drug-likeness (QED) is 0.632. The molecule has 0 fully saturated rings. The summed E-state index contributed by atoms with van der Waals surface area (Å²) in [5.41, 5.74) is -0.0992. The van der Waals surface area contributed by atoms with Gasteiger partial charge in [0.25, 0.3) is 0 Å². The van der Waals surface area contributed by atoms with Crippen LogP contribution in [-0.2, 0) is 6.18 Å². The van der Waals surface area contributed by atoms with Crippen LogP contribution in [0.15, 0.2) is 47.7 Å². The van der Waals surface area contributed by atoms with Crippen molar-refractivity contribution in [2.75, 3.05) is 26.0 Å². The Balaban J connectivity index is 1.74. The van der Waals surface area contributed by atoms with Crippen LogP contribution in [0.1, 0.15) is 17.2 Å². The molecule has 0 saturated heterocycles. The molecule has 1 atom stereocenters. The van der Waals surface area contributed by atoms with Gasteiger partial charge in [0.15, 0.2) is 0 Å². The Morgan fingerprint density at radius 2 is 2.10 bits per heavy atom. The fourth-order valence-electron chi connectivity index (χ4n) is 2.78. The van der Waals surface area contributed by atoms with Crippen LogP contribution < -0.4 is 10.6 Å². The van der Waals surface area contributed by atoms with Crippen molar-refractivity contribution in [3.63, 3.8) is 0 Å². The van der Waals surface area contributed by atoms with Crippen LogP contribution >= 0.6 is 11.3 Å². The van der Waals surface area contributed by atoms with Crippen molar-refractivity contribution in [3.05, 3.63) is 58.8 Å². The number of urea groups is 1. The summed E-state index contributed by atoms with van der Waals surface area (Å²) in [5, 5.41) is 12.7. The summed E-state index contributed by atoms with van der Waals surface area (Å²) in [7, 11) is 3.74. The van der Waals surface area contributed by atoms with Crippen LogP contribution in [0, 0.1) is 0 Å². The van der Waals surface area contributed by atoms with E-state index in [4.69, 9.17) is 0 Å². The molecule has 1 aromatic carbocycles. The van der Waals surface area contributed by atoms with E-state index in [1.807, 2.05) is 35.8 Å². The SMILES string of the molecule is CN(C)C(CNC(=O)Nc1ccc(-n2cncn2)cc1C(F)(F)F)c1ccsc1. The topological polar surface area (TPSA) is 75.1 Å². The summed E-state index contributed by atoms with van der Waals surface area (Å²) in [6, 6.07) is 4.67. The molecule has 7 nitrogen and oxygen atoms in total.